The summed E-state index contributed by atoms with van der Waals surface area (Å²) >= 11 is 0. The van der Waals surface area contributed by atoms with Crippen molar-refractivity contribution in [3.8, 4) is 0 Å². The van der Waals surface area contributed by atoms with Gasteiger partial charge in [0.25, 0.3) is 0 Å². The van der Waals surface area contributed by atoms with Gasteiger partial charge in [-0.25, -0.2) is 4.57 Å². The quantitative estimate of drug-likeness (QED) is 0.0211. The summed E-state index contributed by atoms with van der Waals surface area (Å²) in [6.07, 6.45) is 89.3. The van der Waals surface area contributed by atoms with Crippen LogP contribution < -0.4 is 0 Å². The van der Waals surface area contributed by atoms with Crippen LogP contribution in [-0.2, 0) is 32.7 Å². The summed E-state index contributed by atoms with van der Waals surface area (Å²) < 4.78 is 34.7. The molecule has 9 nitrogen and oxygen atoms in total. The fraction of sp³-hybridized carbons (Fsp3) is 0.757. The first-order chi connectivity index (χ1) is 41.0. The van der Waals surface area contributed by atoms with E-state index in [1.807, 2.05) is 21.1 Å². The van der Waals surface area contributed by atoms with E-state index in [0.717, 1.165) is 83.5 Å². The van der Waals surface area contributed by atoms with Crippen LogP contribution in [-0.4, -0.2) is 74.9 Å². The third kappa shape index (κ3) is 68.0. The van der Waals surface area contributed by atoms with Crippen molar-refractivity contribution in [1.29, 1.82) is 0 Å². The Morgan fingerprint density at radius 1 is 0.381 bits per heavy atom. The van der Waals surface area contributed by atoms with Crippen molar-refractivity contribution >= 4 is 19.8 Å². The molecule has 0 radical (unpaired) electrons. The first-order valence-electron chi connectivity index (χ1n) is 35.0. The molecular formula is C74H133NO8P+. The van der Waals surface area contributed by atoms with Crippen molar-refractivity contribution in [3.63, 3.8) is 0 Å². The standard InChI is InChI=1S/C74H132NO8P/c1-6-8-10-12-14-16-18-20-22-24-26-28-30-32-34-36-37-39-40-42-44-46-48-50-52-54-56-58-60-62-64-66-73(76)80-70-72(71-82-84(78,79)81-69-68-75(3,4)5)83-74(77)67-65-63-61-59-57-55-53-51-49-47-45-43-41-38-35-33-31-29-27-25-23-21-19-17-15-13-11-9-7-2/h9,11,15,17-18,20-21,23-24,26-27,29-30,32-33,35,72H,6-8,10,12-14,16,19,22,25,28,31,34,36-71H2,1-5H3/p+1/b11-9-,17-15-,20-18-,23-21-,26-24-,29-27-,32-30-,35-33-. The number of ether oxygens (including phenoxy) is 2. The summed E-state index contributed by atoms with van der Waals surface area (Å²) in [5, 5.41) is 0. The molecule has 0 aromatic carbocycles. The fourth-order valence-electron chi connectivity index (χ4n) is 9.76. The number of nitrogens with zero attached hydrogens (tertiary/aromatic N) is 1. The fourth-order valence-corrected chi connectivity index (χ4v) is 10.5. The van der Waals surface area contributed by atoms with Crippen molar-refractivity contribution in [1.82, 2.24) is 0 Å². The lowest BCUT2D eigenvalue weighted by molar-refractivity contribution is -0.870. The highest BCUT2D eigenvalue weighted by Crippen LogP contribution is 2.43. The Hall–Kier alpha value is -3.07. The third-order valence-corrected chi connectivity index (χ3v) is 16.1. The van der Waals surface area contributed by atoms with Crippen LogP contribution in [0.4, 0.5) is 0 Å². The molecule has 0 heterocycles. The molecule has 1 N–H and O–H groups in total. The second kappa shape index (κ2) is 64.4. The Labute approximate surface area is 519 Å². The predicted octanol–water partition coefficient (Wildman–Crippen LogP) is 22.7. The second-order valence-electron chi connectivity index (χ2n) is 24.5. The smallest absolute Gasteiger partial charge is 0.462 e. The number of quaternary nitrogens is 1. The van der Waals surface area contributed by atoms with Crippen molar-refractivity contribution in [3.05, 3.63) is 97.2 Å². The van der Waals surface area contributed by atoms with E-state index in [2.05, 4.69) is 111 Å². The van der Waals surface area contributed by atoms with Gasteiger partial charge in [-0.3, -0.25) is 18.6 Å². The lowest BCUT2D eigenvalue weighted by Gasteiger charge is -2.24. The van der Waals surface area contributed by atoms with Gasteiger partial charge in [0, 0.05) is 12.8 Å². The number of allylic oxidation sites excluding steroid dienone is 16. The predicted molar refractivity (Wildman–Crippen MR) is 362 cm³/mol. The van der Waals surface area contributed by atoms with Crippen molar-refractivity contribution in [2.75, 3.05) is 47.5 Å². The van der Waals surface area contributed by atoms with Crippen LogP contribution in [0, 0.1) is 0 Å². The van der Waals surface area contributed by atoms with E-state index in [9.17, 15) is 19.0 Å². The van der Waals surface area contributed by atoms with E-state index in [1.165, 1.54) is 193 Å². The maximum atomic E-state index is 12.9. The van der Waals surface area contributed by atoms with Crippen LogP contribution in [0.5, 0.6) is 0 Å². The molecule has 0 saturated heterocycles. The number of hydrogen-bond donors (Lipinski definition) is 1. The highest BCUT2D eigenvalue weighted by Gasteiger charge is 2.27. The number of unbranched alkanes of at least 4 members (excludes halogenated alkanes) is 34. The first-order valence-corrected chi connectivity index (χ1v) is 36.5. The normalized spacial score (nSPS) is 13.7. The monoisotopic (exact) mass is 1190 g/mol. The zero-order chi connectivity index (χ0) is 61.2. The van der Waals surface area contributed by atoms with Crippen LogP contribution >= 0.6 is 7.82 Å². The molecule has 0 aliphatic heterocycles. The van der Waals surface area contributed by atoms with Gasteiger partial charge in [-0.05, 0) is 96.3 Å². The minimum absolute atomic E-state index is 0.0290. The number of hydrogen-bond acceptors (Lipinski definition) is 7. The Kier molecular flexibility index (Phi) is 62.1. The first kappa shape index (κ1) is 80.9. The van der Waals surface area contributed by atoms with Gasteiger partial charge in [0.05, 0.1) is 27.7 Å². The number of carbonyl (C=O) groups is 2. The Morgan fingerprint density at radius 3 is 1.01 bits per heavy atom. The van der Waals surface area contributed by atoms with Gasteiger partial charge in [0.1, 0.15) is 19.8 Å². The van der Waals surface area contributed by atoms with Gasteiger partial charge in [0.15, 0.2) is 6.10 Å². The topological polar surface area (TPSA) is 108 Å². The summed E-state index contributed by atoms with van der Waals surface area (Å²) in [5.41, 5.74) is 0. The average Bonchev–Trinajstić information content (AvgIpc) is 3.61. The minimum Gasteiger partial charge on any atom is -0.462 e. The molecule has 0 fully saturated rings. The molecule has 0 amide bonds. The molecule has 0 saturated carbocycles. The van der Waals surface area contributed by atoms with E-state index < -0.39 is 26.5 Å². The zero-order valence-electron chi connectivity index (χ0n) is 55.4. The molecule has 2 unspecified atom stereocenters. The molecule has 0 aromatic heterocycles. The molecule has 84 heavy (non-hydrogen) atoms. The maximum absolute atomic E-state index is 12.9. The van der Waals surface area contributed by atoms with Crippen LogP contribution in [0.15, 0.2) is 97.2 Å². The van der Waals surface area contributed by atoms with Crippen molar-refractivity contribution in [2.45, 2.75) is 315 Å². The number of esters is 2. The SMILES string of the molecule is CC/C=C\C/C=C\C/C=C\C/C=C\C/C=C\CCCCCCCCCCCCCCCC(=O)OC(COC(=O)CCCCCCCCCCCCCCCCCC/C=C\C/C=C\C/C=C\CCCCCCC)COP(=O)(O)OCC[N+](C)(C)C. The average molecular weight is 1200 g/mol. The molecule has 0 spiro atoms. The summed E-state index contributed by atoms with van der Waals surface area (Å²) in [5.74, 6) is -0.792. The second-order valence-corrected chi connectivity index (χ2v) is 26.0. The molecule has 10 heteroatoms. The molecule has 486 valence electrons. The highest BCUT2D eigenvalue weighted by atomic mass is 31.2. The van der Waals surface area contributed by atoms with E-state index in [1.54, 1.807) is 0 Å². The molecular weight excluding hydrogens is 1060 g/mol. The van der Waals surface area contributed by atoms with Gasteiger partial charge in [0.2, 0.25) is 0 Å². The number of rotatable bonds is 64. The largest absolute Gasteiger partial charge is 0.472 e. The van der Waals surface area contributed by atoms with E-state index in [4.69, 9.17) is 18.5 Å². The Balaban J connectivity index is 4.05. The Bertz CT molecular complexity index is 1740. The zero-order valence-corrected chi connectivity index (χ0v) is 56.3. The summed E-state index contributed by atoms with van der Waals surface area (Å²) in [6.45, 7) is 4.34. The molecule has 0 aliphatic rings. The van der Waals surface area contributed by atoms with Crippen LogP contribution in [0.2, 0.25) is 0 Å². The van der Waals surface area contributed by atoms with Crippen molar-refractivity contribution < 1.29 is 42.1 Å². The molecule has 2 atom stereocenters. The van der Waals surface area contributed by atoms with Crippen LogP contribution in [0.1, 0.15) is 309 Å². The number of likely N-dealkylation sites (N-methyl/N-ethyl adjacent to an activating group) is 1. The van der Waals surface area contributed by atoms with E-state index in [0.29, 0.717) is 17.4 Å². The van der Waals surface area contributed by atoms with E-state index in [-0.39, 0.29) is 32.0 Å². The number of carbonyl (C=O) groups excluding carboxylic acids is 2. The Morgan fingerprint density at radius 2 is 0.679 bits per heavy atom. The summed E-state index contributed by atoms with van der Waals surface area (Å²) in [6, 6.07) is 0. The molecule has 0 bridgehead atoms. The third-order valence-electron chi connectivity index (χ3n) is 15.1. The highest BCUT2D eigenvalue weighted by molar-refractivity contribution is 7.47. The van der Waals surface area contributed by atoms with Crippen molar-refractivity contribution in [2.24, 2.45) is 0 Å². The van der Waals surface area contributed by atoms with Crippen LogP contribution in [0.3, 0.4) is 0 Å². The molecule has 0 aliphatic carbocycles. The lowest BCUT2D eigenvalue weighted by Crippen LogP contribution is -2.37. The summed E-state index contributed by atoms with van der Waals surface area (Å²) in [4.78, 5) is 35.9. The van der Waals surface area contributed by atoms with Gasteiger partial charge in [-0.2, -0.15) is 0 Å². The van der Waals surface area contributed by atoms with Gasteiger partial charge in [-0.1, -0.05) is 297 Å². The minimum atomic E-state index is -4.40. The van der Waals surface area contributed by atoms with Gasteiger partial charge in [-0.15, -0.1) is 0 Å². The van der Waals surface area contributed by atoms with Gasteiger partial charge < -0.3 is 18.9 Å². The van der Waals surface area contributed by atoms with Crippen LogP contribution in [0.25, 0.3) is 0 Å². The molecule has 0 rings (SSSR count). The number of phosphoric ester groups is 1. The molecule has 0 aromatic rings. The lowest BCUT2D eigenvalue weighted by atomic mass is 10.0. The maximum Gasteiger partial charge on any atom is 0.472 e. The van der Waals surface area contributed by atoms with Gasteiger partial charge >= 0.3 is 19.8 Å². The summed E-state index contributed by atoms with van der Waals surface area (Å²) in [7, 11) is 1.48. The number of phosphoric acid groups is 1. The van der Waals surface area contributed by atoms with E-state index >= 15 is 0 Å².